The molecule has 0 spiro atoms. The molecular formula is C5H11Si. The fourth-order valence-electron chi connectivity index (χ4n) is 0. The average Bonchev–Trinajstić information content (AvgIpc) is 1.35. The molecule has 0 atom stereocenters. The summed E-state index contributed by atoms with van der Waals surface area (Å²) in [4.78, 5) is 0. The molecule has 0 nitrogen and oxygen atoms in total. The van der Waals surface area contributed by atoms with E-state index in [-0.39, 0.29) is 0 Å². The van der Waals surface area contributed by atoms with E-state index in [4.69, 9.17) is 0 Å². The molecule has 0 amide bonds. The van der Waals surface area contributed by atoms with Crippen LogP contribution in [0.3, 0.4) is 0 Å². The molecule has 0 aromatic heterocycles. The van der Waals surface area contributed by atoms with Crippen LogP contribution in [0.2, 0.25) is 5.04 Å². The zero-order valence-corrected chi connectivity index (χ0v) is 5.71. The molecule has 0 aliphatic heterocycles. The zero-order chi connectivity index (χ0) is 5.21. The summed E-state index contributed by atoms with van der Waals surface area (Å²) < 4.78 is 0. The van der Waals surface area contributed by atoms with Gasteiger partial charge in [-0.2, -0.15) is 0 Å². The van der Waals surface area contributed by atoms with E-state index in [1.807, 2.05) is 0 Å². The lowest BCUT2D eigenvalue weighted by Gasteiger charge is -2.12. The number of rotatable bonds is 1. The Morgan fingerprint density at radius 1 is 1.50 bits per heavy atom. The van der Waals surface area contributed by atoms with Crippen LogP contribution >= 0.6 is 0 Å². The van der Waals surface area contributed by atoms with Crippen LogP contribution in [-0.4, -0.2) is 10.2 Å². The molecule has 0 fully saturated rings. The quantitative estimate of drug-likeness (QED) is 0.439. The van der Waals surface area contributed by atoms with Crippen LogP contribution in [0, 0.1) is 0 Å². The maximum absolute atomic E-state index is 3.52. The molecule has 0 heterocycles. The van der Waals surface area contributed by atoms with Crippen LogP contribution in [0.4, 0.5) is 0 Å². The van der Waals surface area contributed by atoms with Gasteiger partial charge in [0.15, 0.2) is 0 Å². The van der Waals surface area contributed by atoms with Gasteiger partial charge in [-0.15, -0.1) is 0 Å². The van der Waals surface area contributed by atoms with Crippen molar-refractivity contribution in [1.29, 1.82) is 0 Å². The van der Waals surface area contributed by atoms with Crippen LogP contribution < -0.4 is 0 Å². The summed E-state index contributed by atoms with van der Waals surface area (Å²) in [5.74, 6) is 0. The standard InChI is InChI=1S/C5H11Si/c1-4-5(2,3)6/h4H2,1-3H3. The van der Waals surface area contributed by atoms with E-state index < -0.39 is 0 Å². The van der Waals surface area contributed by atoms with E-state index in [1.165, 1.54) is 6.42 Å². The predicted octanol–water partition coefficient (Wildman–Crippen LogP) is 1.76. The average molecular weight is 99.2 g/mol. The lowest BCUT2D eigenvalue weighted by atomic mass is 10.1. The van der Waals surface area contributed by atoms with E-state index in [2.05, 4.69) is 31.0 Å². The van der Waals surface area contributed by atoms with Crippen molar-refractivity contribution in [3.05, 3.63) is 0 Å². The van der Waals surface area contributed by atoms with Crippen molar-refractivity contribution in [2.75, 3.05) is 0 Å². The summed E-state index contributed by atoms with van der Waals surface area (Å²) in [5.41, 5.74) is 0. The van der Waals surface area contributed by atoms with E-state index in [0.717, 1.165) is 0 Å². The van der Waals surface area contributed by atoms with Gasteiger partial charge >= 0.3 is 0 Å². The molecule has 1 heteroatoms. The molecule has 0 aliphatic carbocycles. The molecule has 0 unspecified atom stereocenters. The fraction of sp³-hybridized carbons (Fsp3) is 1.00. The summed E-state index contributed by atoms with van der Waals surface area (Å²) in [6, 6.07) is 0. The van der Waals surface area contributed by atoms with Gasteiger partial charge in [0.2, 0.25) is 0 Å². The van der Waals surface area contributed by atoms with Gasteiger partial charge < -0.3 is 0 Å². The molecule has 0 aromatic carbocycles. The first-order valence-corrected chi connectivity index (χ1v) is 2.81. The van der Waals surface area contributed by atoms with Gasteiger partial charge in [-0.1, -0.05) is 27.2 Å². The van der Waals surface area contributed by atoms with E-state index in [1.54, 1.807) is 0 Å². The fourth-order valence-corrected chi connectivity index (χ4v) is 0. The molecular weight excluding hydrogens is 88.1 g/mol. The smallest absolute Gasteiger partial charge is 0.0305 e. The molecule has 0 aromatic rings. The van der Waals surface area contributed by atoms with Crippen molar-refractivity contribution in [1.82, 2.24) is 0 Å². The molecule has 0 saturated heterocycles. The third kappa shape index (κ3) is 4.22. The molecule has 6 heavy (non-hydrogen) atoms. The van der Waals surface area contributed by atoms with E-state index in [0.29, 0.717) is 5.04 Å². The van der Waals surface area contributed by atoms with Crippen LogP contribution in [0.5, 0.6) is 0 Å². The normalized spacial score (nSPS) is 12.0. The minimum absolute atomic E-state index is 0.347. The van der Waals surface area contributed by atoms with Gasteiger partial charge in [0.1, 0.15) is 0 Å². The van der Waals surface area contributed by atoms with Crippen molar-refractivity contribution in [2.24, 2.45) is 0 Å². The highest BCUT2D eigenvalue weighted by Crippen LogP contribution is 2.21. The Balaban J connectivity index is 3.17. The Hall–Kier alpha value is 0.217. The largest absolute Gasteiger partial charge is 0.0652 e. The van der Waals surface area contributed by atoms with Crippen LogP contribution in [0.15, 0.2) is 0 Å². The Bertz CT molecular complexity index is 33.7. The van der Waals surface area contributed by atoms with Crippen molar-refractivity contribution in [3.8, 4) is 0 Å². The van der Waals surface area contributed by atoms with Gasteiger partial charge in [-0.05, 0) is 5.04 Å². The lowest BCUT2D eigenvalue weighted by Crippen LogP contribution is -1.97. The Kier molecular flexibility index (Phi) is 1.85. The summed E-state index contributed by atoms with van der Waals surface area (Å²) >= 11 is 0. The minimum atomic E-state index is 0.347. The second-order valence-corrected chi connectivity index (χ2v) is 3.59. The van der Waals surface area contributed by atoms with Gasteiger partial charge in [-0.3, -0.25) is 0 Å². The third-order valence-corrected chi connectivity index (χ3v) is 1.24. The zero-order valence-electron chi connectivity index (χ0n) is 4.71. The number of hydrogen-bond acceptors (Lipinski definition) is 0. The van der Waals surface area contributed by atoms with Crippen molar-refractivity contribution in [2.45, 2.75) is 32.2 Å². The third-order valence-electron chi connectivity index (χ3n) is 0.884. The molecule has 35 valence electrons. The van der Waals surface area contributed by atoms with Crippen LogP contribution in [0.1, 0.15) is 27.2 Å². The highest BCUT2D eigenvalue weighted by atomic mass is 28.1. The predicted molar refractivity (Wildman–Crippen MR) is 30.1 cm³/mol. The first-order chi connectivity index (χ1) is 2.56. The molecule has 0 bridgehead atoms. The van der Waals surface area contributed by atoms with E-state index >= 15 is 0 Å². The number of hydrogen-bond donors (Lipinski definition) is 0. The SMILES string of the molecule is CCC(C)(C)[Si]. The lowest BCUT2D eigenvalue weighted by molar-refractivity contribution is 0.654. The minimum Gasteiger partial charge on any atom is -0.0652 e. The van der Waals surface area contributed by atoms with Crippen molar-refractivity contribution in [3.63, 3.8) is 0 Å². The second-order valence-electron chi connectivity index (χ2n) is 2.24. The summed E-state index contributed by atoms with van der Waals surface area (Å²) in [7, 11) is 3.52. The maximum atomic E-state index is 3.52. The molecule has 0 rings (SSSR count). The topological polar surface area (TPSA) is 0 Å². The highest BCUT2D eigenvalue weighted by molar-refractivity contribution is 6.14. The first-order valence-electron chi connectivity index (χ1n) is 2.31. The summed E-state index contributed by atoms with van der Waals surface area (Å²) in [6.45, 7) is 6.47. The Morgan fingerprint density at radius 2 is 1.67 bits per heavy atom. The molecule has 0 N–H and O–H groups in total. The van der Waals surface area contributed by atoms with Crippen LogP contribution in [-0.2, 0) is 0 Å². The van der Waals surface area contributed by atoms with Crippen LogP contribution in [0.25, 0.3) is 0 Å². The highest BCUT2D eigenvalue weighted by Gasteiger charge is 2.03. The summed E-state index contributed by atoms with van der Waals surface area (Å²) in [5, 5.41) is 0.347. The Labute approximate surface area is 43.4 Å². The second kappa shape index (κ2) is 1.78. The van der Waals surface area contributed by atoms with Gasteiger partial charge in [0.05, 0.1) is 0 Å². The first kappa shape index (κ1) is 6.22. The Morgan fingerprint density at radius 3 is 1.67 bits per heavy atom. The molecule has 3 radical (unpaired) electrons. The molecule has 0 aliphatic rings. The monoisotopic (exact) mass is 99.1 g/mol. The van der Waals surface area contributed by atoms with Gasteiger partial charge in [-0.25, -0.2) is 0 Å². The molecule has 0 saturated carbocycles. The summed E-state index contributed by atoms with van der Waals surface area (Å²) in [6.07, 6.45) is 1.18. The van der Waals surface area contributed by atoms with Crippen molar-refractivity contribution >= 4 is 10.2 Å². The van der Waals surface area contributed by atoms with Gasteiger partial charge in [0, 0.05) is 10.2 Å². The van der Waals surface area contributed by atoms with E-state index in [9.17, 15) is 0 Å². The van der Waals surface area contributed by atoms with Gasteiger partial charge in [0.25, 0.3) is 0 Å². The van der Waals surface area contributed by atoms with Crippen molar-refractivity contribution < 1.29 is 0 Å². The maximum Gasteiger partial charge on any atom is 0.0305 e.